The molecule has 0 unspecified atom stereocenters. The highest BCUT2D eigenvalue weighted by Gasteiger charge is 2.11. The van der Waals surface area contributed by atoms with Crippen molar-refractivity contribution in [3.63, 3.8) is 0 Å². The van der Waals surface area contributed by atoms with E-state index in [9.17, 15) is 10.1 Å². The first kappa shape index (κ1) is 12.3. The van der Waals surface area contributed by atoms with Crippen molar-refractivity contribution in [1.29, 1.82) is 0 Å². The van der Waals surface area contributed by atoms with E-state index in [2.05, 4.69) is 22.4 Å². The lowest BCUT2D eigenvalue weighted by molar-refractivity contribution is -0.384. The summed E-state index contributed by atoms with van der Waals surface area (Å²) >= 11 is 0. The minimum Gasteiger partial charge on any atom is -0.366 e. The van der Waals surface area contributed by atoms with Gasteiger partial charge in [0.1, 0.15) is 5.84 Å². The van der Waals surface area contributed by atoms with Crippen LogP contribution in [0.4, 0.5) is 5.69 Å². The summed E-state index contributed by atoms with van der Waals surface area (Å²) in [6, 6.07) is 14.6. The third-order valence-corrected chi connectivity index (χ3v) is 3.32. The van der Waals surface area contributed by atoms with E-state index >= 15 is 0 Å². The number of amidine groups is 1. The number of hydrogen-bond donors (Lipinski definition) is 1. The van der Waals surface area contributed by atoms with Crippen molar-refractivity contribution in [2.75, 3.05) is 0 Å². The first-order valence-electron chi connectivity index (χ1n) is 6.34. The van der Waals surface area contributed by atoms with Crippen LogP contribution in [0, 0.1) is 10.1 Å². The van der Waals surface area contributed by atoms with Crippen LogP contribution in [-0.2, 0) is 13.1 Å². The summed E-state index contributed by atoms with van der Waals surface area (Å²) < 4.78 is 0. The Kier molecular flexibility index (Phi) is 3.16. The fourth-order valence-corrected chi connectivity index (χ4v) is 2.22. The first-order valence-corrected chi connectivity index (χ1v) is 6.34. The van der Waals surface area contributed by atoms with E-state index in [-0.39, 0.29) is 5.69 Å². The van der Waals surface area contributed by atoms with E-state index in [4.69, 9.17) is 0 Å². The van der Waals surface area contributed by atoms with Gasteiger partial charge < -0.3 is 5.32 Å². The van der Waals surface area contributed by atoms with E-state index in [1.54, 1.807) is 12.1 Å². The Bertz CT molecular complexity index is 678. The number of nitro groups is 1. The largest absolute Gasteiger partial charge is 0.366 e. The van der Waals surface area contributed by atoms with Gasteiger partial charge in [-0.15, -0.1) is 0 Å². The van der Waals surface area contributed by atoms with Gasteiger partial charge >= 0.3 is 0 Å². The molecule has 5 heteroatoms. The van der Waals surface area contributed by atoms with Crippen molar-refractivity contribution in [2.24, 2.45) is 4.99 Å². The Labute approximate surface area is 116 Å². The predicted octanol–water partition coefficient (Wildman–Crippen LogP) is 2.64. The summed E-state index contributed by atoms with van der Waals surface area (Å²) in [7, 11) is 0. The van der Waals surface area contributed by atoms with Crippen LogP contribution in [0.3, 0.4) is 0 Å². The summed E-state index contributed by atoms with van der Waals surface area (Å²) in [4.78, 5) is 14.8. The van der Waals surface area contributed by atoms with E-state index < -0.39 is 4.92 Å². The molecule has 0 aromatic heterocycles. The van der Waals surface area contributed by atoms with Crippen LogP contribution >= 0.6 is 0 Å². The standard InChI is InChI=1S/C15H13N3O2/c19-18(20)14-7-5-11(6-8-14)15-16-9-12-3-1-2-4-13(12)10-17-15/h1-8H,9-10H2,(H,16,17). The predicted molar refractivity (Wildman–Crippen MR) is 76.6 cm³/mol. The van der Waals surface area contributed by atoms with Crippen LogP contribution in [0.25, 0.3) is 0 Å². The van der Waals surface area contributed by atoms with Gasteiger partial charge in [-0.1, -0.05) is 24.3 Å². The zero-order valence-electron chi connectivity index (χ0n) is 10.7. The normalized spacial score (nSPS) is 13.7. The molecule has 20 heavy (non-hydrogen) atoms. The summed E-state index contributed by atoms with van der Waals surface area (Å²) in [5, 5.41) is 13.9. The zero-order valence-corrected chi connectivity index (χ0v) is 10.7. The smallest absolute Gasteiger partial charge is 0.269 e. The average Bonchev–Trinajstić information content (AvgIpc) is 2.70. The summed E-state index contributed by atoms with van der Waals surface area (Å²) in [5.74, 6) is 0.774. The molecule has 1 N–H and O–H groups in total. The Morgan fingerprint density at radius 1 is 1.05 bits per heavy atom. The van der Waals surface area contributed by atoms with Crippen molar-refractivity contribution in [1.82, 2.24) is 5.32 Å². The lowest BCUT2D eigenvalue weighted by Gasteiger charge is -2.07. The quantitative estimate of drug-likeness (QED) is 0.672. The second-order valence-electron chi connectivity index (χ2n) is 4.59. The molecule has 100 valence electrons. The second kappa shape index (κ2) is 5.13. The van der Waals surface area contributed by atoms with Crippen molar-refractivity contribution in [3.05, 3.63) is 75.3 Å². The highest BCUT2D eigenvalue weighted by atomic mass is 16.6. The van der Waals surface area contributed by atoms with Crippen molar-refractivity contribution >= 4 is 11.5 Å². The van der Waals surface area contributed by atoms with Crippen LogP contribution in [0.15, 0.2) is 53.5 Å². The number of hydrogen-bond acceptors (Lipinski definition) is 4. The van der Waals surface area contributed by atoms with Crippen molar-refractivity contribution < 1.29 is 4.92 Å². The van der Waals surface area contributed by atoms with Crippen LogP contribution in [-0.4, -0.2) is 10.8 Å². The van der Waals surface area contributed by atoms with Gasteiger partial charge in [0.25, 0.3) is 5.69 Å². The summed E-state index contributed by atoms with van der Waals surface area (Å²) in [6.07, 6.45) is 0. The molecule has 0 aliphatic carbocycles. The van der Waals surface area contributed by atoms with E-state index in [1.165, 1.54) is 23.3 Å². The van der Waals surface area contributed by atoms with Gasteiger partial charge in [-0.2, -0.15) is 0 Å². The summed E-state index contributed by atoms with van der Waals surface area (Å²) in [6.45, 7) is 1.33. The van der Waals surface area contributed by atoms with Crippen LogP contribution < -0.4 is 5.32 Å². The van der Waals surface area contributed by atoms with Gasteiger partial charge in [0.15, 0.2) is 0 Å². The van der Waals surface area contributed by atoms with E-state index in [0.717, 1.165) is 11.4 Å². The van der Waals surface area contributed by atoms with Crippen LogP contribution in [0.5, 0.6) is 0 Å². The molecule has 0 atom stereocenters. The maximum Gasteiger partial charge on any atom is 0.269 e. The van der Waals surface area contributed by atoms with Crippen molar-refractivity contribution in [2.45, 2.75) is 13.1 Å². The lowest BCUT2D eigenvalue weighted by atomic mass is 10.1. The molecule has 0 bridgehead atoms. The molecule has 1 heterocycles. The van der Waals surface area contributed by atoms with Gasteiger partial charge in [-0.05, 0) is 23.3 Å². The molecule has 5 nitrogen and oxygen atoms in total. The van der Waals surface area contributed by atoms with Crippen LogP contribution in [0.2, 0.25) is 0 Å². The molecule has 0 spiro atoms. The van der Waals surface area contributed by atoms with Gasteiger partial charge in [-0.25, -0.2) is 0 Å². The van der Waals surface area contributed by atoms with Gasteiger partial charge in [0.05, 0.1) is 11.5 Å². The number of benzene rings is 2. The number of aliphatic imine (C=N–C) groups is 1. The molecule has 3 rings (SSSR count). The highest BCUT2D eigenvalue weighted by molar-refractivity contribution is 5.99. The van der Waals surface area contributed by atoms with Crippen molar-refractivity contribution in [3.8, 4) is 0 Å². The van der Waals surface area contributed by atoms with Gasteiger partial charge in [-0.3, -0.25) is 15.1 Å². The SMILES string of the molecule is O=[N+]([O-])c1ccc(C2=NCc3ccccc3CN2)cc1. The second-order valence-corrected chi connectivity index (χ2v) is 4.59. The average molecular weight is 267 g/mol. The van der Waals surface area contributed by atoms with E-state index in [0.29, 0.717) is 13.1 Å². The minimum absolute atomic E-state index is 0.0891. The lowest BCUT2D eigenvalue weighted by Crippen LogP contribution is -2.22. The number of nitrogens with zero attached hydrogens (tertiary/aromatic N) is 2. The molecule has 1 aliphatic rings. The minimum atomic E-state index is -0.401. The van der Waals surface area contributed by atoms with Gasteiger partial charge in [0.2, 0.25) is 0 Å². The topological polar surface area (TPSA) is 67.5 Å². The molecule has 0 saturated heterocycles. The molecular weight excluding hydrogens is 254 g/mol. The fraction of sp³-hybridized carbons (Fsp3) is 0.133. The third kappa shape index (κ3) is 2.38. The Hall–Kier alpha value is -2.69. The molecular formula is C15H13N3O2. The molecule has 0 radical (unpaired) electrons. The molecule has 2 aromatic rings. The maximum absolute atomic E-state index is 10.7. The number of nitro benzene ring substituents is 1. The first-order chi connectivity index (χ1) is 9.74. The number of rotatable bonds is 2. The molecule has 2 aromatic carbocycles. The van der Waals surface area contributed by atoms with Gasteiger partial charge in [0, 0.05) is 24.2 Å². The fourth-order valence-electron chi connectivity index (χ4n) is 2.22. The third-order valence-electron chi connectivity index (χ3n) is 3.32. The Morgan fingerprint density at radius 3 is 2.45 bits per heavy atom. The maximum atomic E-state index is 10.7. The zero-order chi connectivity index (χ0) is 13.9. The number of nitrogens with one attached hydrogen (secondary N) is 1. The number of fused-ring (bicyclic) bond motifs is 1. The Morgan fingerprint density at radius 2 is 1.75 bits per heavy atom. The molecule has 0 saturated carbocycles. The molecule has 1 aliphatic heterocycles. The molecule has 0 amide bonds. The summed E-state index contributed by atoms with van der Waals surface area (Å²) in [5.41, 5.74) is 3.39. The highest BCUT2D eigenvalue weighted by Crippen LogP contribution is 2.16. The molecule has 0 fully saturated rings. The van der Waals surface area contributed by atoms with E-state index in [1.807, 2.05) is 12.1 Å². The van der Waals surface area contributed by atoms with Crippen LogP contribution in [0.1, 0.15) is 16.7 Å². The monoisotopic (exact) mass is 267 g/mol. The Balaban J connectivity index is 1.85. The number of non-ortho nitro benzene ring substituents is 1.